The number of halogens is 3. The molecule has 0 fully saturated rings. The monoisotopic (exact) mass is 280 g/mol. The normalized spacial score (nSPS) is 15.4. The molecule has 0 bridgehead atoms. The largest absolute Gasteiger partial charge is 0.534 e. The van der Waals surface area contributed by atoms with Crippen molar-refractivity contribution >= 4 is 16.2 Å². The summed E-state index contributed by atoms with van der Waals surface area (Å²) in [5, 5.41) is 0. The molecule has 0 N–H and O–H groups in total. The number of rotatable bonds is 2. The first-order chi connectivity index (χ1) is 8.29. The molecular weight excluding hydrogens is 273 g/mol. The maximum Gasteiger partial charge on any atom is 0.534 e. The molecule has 98 valence electrons. The summed E-state index contributed by atoms with van der Waals surface area (Å²) < 4.78 is 66.5. The molecule has 0 saturated heterocycles. The Hall–Kier alpha value is -1.70. The van der Waals surface area contributed by atoms with Gasteiger partial charge in [0.25, 0.3) is 5.95 Å². The molecule has 18 heavy (non-hydrogen) atoms. The van der Waals surface area contributed by atoms with Crippen LogP contribution >= 0.6 is 0 Å². The minimum absolute atomic E-state index is 0.0462. The lowest BCUT2D eigenvalue weighted by Crippen LogP contribution is -2.26. The molecule has 0 saturated carbocycles. The molecule has 1 aliphatic rings. The molecule has 0 atom stereocenters. The fraction of sp³-hybridized carbons (Fsp3) is 0.200. The first-order valence-electron chi connectivity index (χ1n) is 4.73. The summed E-state index contributed by atoms with van der Waals surface area (Å²) in [5.41, 5.74) is -4.20. The van der Waals surface area contributed by atoms with E-state index in [0.717, 1.165) is 11.6 Å². The number of hydrogen-bond acceptors (Lipinski definition) is 4. The second kappa shape index (κ2) is 4.20. The first-order valence-corrected chi connectivity index (χ1v) is 6.13. The third-order valence-corrected chi connectivity index (χ3v) is 3.12. The smallest absolute Gasteiger partial charge is 0.460 e. The van der Waals surface area contributed by atoms with Crippen molar-refractivity contribution in [1.82, 2.24) is 0 Å². The molecule has 0 amide bonds. The quantitative estimate of drug-likeness (QED) is 0.616. The van der Waals surface area contributed by atoms with Crippen molar-refractivity contribution in [3.8, 4) is 0 Å². The molecule has 1 aliphatic heterocycles. The third-order valence-electron chi connectivity index (χ3n) is 2.17. The van der Waals surface area contributed by atoms with E-state index in [1.54, 1.807) is 24.3 Å². The Kier molecular flexibility index (Phi) is 2.97. The molecule has 0 spiro atoms. The van der Waals surface area contributed by atoms with E-state index in [2.05, 4.69) is 4.18 Å². The van der Waals surface area contributed by atoms with Gasteiger partial charge in [0.2, 0.25) is 0 Å². The van der Waals surface area contributed by atoms with Crippen LogP contribution in [0.4, 0.5) is 13.2 Å². The van der Waals surface area contributed by atoms with Gasteiger partial charge in [0.1, 0.15) is 6.61 Å². The van der Waals surface area contributed by atoms with Crippen LogP contribution in [0.5, 0.6) is 0 Å². The summed E-state index contributed by atoms with van der Waals surface area (Å²) in [6.07, 6.45) is 1.10. The minimum atomic E-state index is -5.69. The molecule has 4 nitrogen and oxygen atoms in total. The van der Waals surface area contributed by atoms with Crippen molar-refractivity contribution in [3.63, 3.8) is 0 Å². The van der Waals surface area contributed by atoms with E-state index in [1.165, 1.54) is 0 Å². The van der Waals surface area contributed by atoms with Gasteiger partial charge in [-0.05, 0) is 11.1 Å². The van der Waals surface area contributed by atoms with Gasteiger partial charge in [-0.1, -0.05) is 24.3 Å². The highest BCUT2D eigenvalue weighted by molar-refractivity contribution is 7.87. The van der Waals surface area contributed by atoms with Crippen LogP contribution < -0.4 is 0 Å². The van der Waals surface area contributed by atoms with Crippen molar-refractivity contribution in [2.24, 2.45) is 0 Å². The van der Waals surface area contributed by atoms with Crippen LogP contribution in [0, 0.1) is 0 Å². The van der Waals surface area contributed by atoms with Crippen molar-refractivity contribution in [1.29, 1.82) is 0 Å². The van der Waals surface area contributed by atoms with E-state index in [4.69, 9.17) is 4.74 Å². The minimum Gasteiger partial charge on any atom is -0.460 e. The summed E-state index contributed by atoms with van der Waals surface area (Å²) in [7, 11) is -5.69. The van der Waals surface area contributed by atoms with Crippen molar-refractivity contribution in [2.45, 2.75) is 12.1 Å². The van der Waals surface area contributed by atoms with Gasteiger partial charge >= 0.3 is 15.6 Å². The van der Waals surface area contributed by atoms with E-state index in [-0.39, 0.29) is 6.61 Å². The summed E-state index contributed by atoms with van der Waals surface area (Å²) >= 11 is 0. The van der Waals surface area contributed by atoms with E-state index in [0.29, 0.717) is 5.56 Å². The van der Waals surface area contributed by atoms with Gasteiger partial charge in [-0.15, -0.1) is 0 Å². The highest BCUT2D eigenvalue weighted by Crippen LogP contribution is 2.29. The predicted octanol–water partition coefficient (Wildman–Crippen LogP) is 2.38. The van der Waals surface area contributed by atoms with Crippen LogP contribution in [0.1, 0.15) is 11.1 Å². The SMILES string of the molecule is O=S(=O)(OC1=Cc2ccccc2CO1)C(F)(F)F. The average molecular weight is 280 g/mol. The number of ether oxygens (including phenoxy) is 1. The van der Waals surface area contributed by atoms with Gasteiger partial charge in [0.05, 0.1) is 0 Å². The standard InChI is InChI=1S/C10H7F3O4S/c11-10(12,13)18(14,15)17-9-5-7-3-1-2-4-8(7)6-16-9/h1-5H,6H2. The maximum atomic E-state index is 12.1. The molecule has 1 heterocycles. The van der Waals surface area contributed by atoms with Crippen LogP contribution in [0.3, 0.4) is 0 Å². The van der Waals surface area contributed by atoms with Gasteiger partial charge in [-0.3, -0.25) is 0 Å². The number of benzene rings is 1. The van der Waals surface area contributed by atoms with E-state index < -0.39 is 21.6 Å². The van der Waals surface area contributed by atoms with Crippen LogP contribution in [0.25, 0.3) is 6.08 Å². The fourth-order valence-corrected chi connectivity index (χ4v) is 1.73. The predicted molar refractivity (Wildman–Crippen MR) is 55.3 cm³/mol. The Morgan fingerprint density at radius 1 is 1.22 bits per heavy atom. The summed E-state index contributed by atoms with van der Waals surface area (Å²) in [6.45, 7) is -0.0462. The molecule has 1 aromatic carbocycles. The zero-order chi connectivity index (χ0) is 13.4. The van der Waals surface area contributed by atoms with Crippen LogP contribution in [0.15, 0.2) is 30.2 Å². The van der Waals surface area contributed by atoms with Crippen molar-refractivity contribution < 1.29 is 30.5 Å². The van der Waals surface area contributed by atoms with Crippen LogP contribution in [0.2, 0.25) is 0 Å². The third kappa shape index (κ3) is 2.42. The topological polar surface area (TPSA) is 52.6 Å². The summed E-state index contributed by atoms with van der Waals surface area (Å²) in [4.78, 5) is 0. The highest BCUT2D eigenvalue weighted by Gasteiger charge is 2.49. The fourth-order valence-electron chi connectivity index (χ4n) is 1.33. The highest BCUT2D eigenvalue weighted by atomic mass is 32.2. The van der Waals surface area contributed by atoms with Crippen LogP contribution in [-0.4, -0.2) is 13.9 Å². The van der Waals surface area contributed by atoms with Crippen LogP contribution in [-0.2, 0) is 25.6 Å². The summed E-state index contributed by atoms with van der Waals surface area (Å²) in [5.74, 6) is -0.689. The van der Waals surface area contributed by atoms with Crippen molar-refractivity contribution in [3.05, 3.63) is 41.3 Å². The Bertz CT molecular complexity index is 589. The van der Waals surface area contributed by atoms with Gasteiger partial charge in [-0.2, -0.15) is 21.6 Å². The summed E-state index contributed by atoms with van der Waals surface area (Å²) in [6, 6.07) is 6.72. The molecule has 0 aliphatic carbocycles. The van der Waals surface area contributed by atoms with Gasteiger partial charge < -0.3 is 8.92 Å². The lowest BCUT2D eigenvalue weighted by atomic mass is 10.1. The zero-order valence-corrected chi connectivity index (χ0v) is 9.59. The maximum absolute atomic E-state index is 12.1. The van der Waals surface area contributed by atoms with Gasteiger partial charge in [-0.25, -0.2) is 0 Å². The number of hydrogen-bond donors (Lipinski definition) is 0. The van der Waals surface area contributed by atoms with Gasteiger partial charge in [0.15, 0.2) is 0 Å². The zero-order valence-electron chi connectivity index (χ0n) is 8.77. The molecule has 1 aromatic rings. The molecule has 2 rings (SSSR count). The van der Waals surface area contributed by atoms with Crippen molar-refractivity contribution in [2.75, 3.05) is 0 Å². The Balaban J connectivity index is 2.26. The average Bonchev–Trinajstić information content (AvgIpc) is 2.27. The lowest BCUT2D eigenvalue weighted by molar-refractivity contribution is -0.0565. The molecule has 8 heteroatoms. The first kappa shape index (κ1) is 12.7. The number of alkyl halides is 3. The molecule has 0 unspecified atom stereocenters. The Morgan fingerprint density at radius 2 is 1.89 bits per heavy atom. The number of fused-ring (bicyclic) bond motifs is 1. The molecule has 0 radical (unpaired) electrons. The van der Waals surface area contributed by atoms with E-state index in [9.17, 15) is 21.6 Å². The molecule has 0 aromatic heterocycles. The van der Waals surface area contributed by atoms with E-state index >= 15 is 0 Å². The second-order valence-electron chi connectivity index (χ2n) is 3.43. The molecular formula is C10H7F3O4S. The lowest BCUT2D eigenvalue weighted by Gasteiger charge is -2.18. The Morgan fingerprint density at radius 3 is 2.56 bits per heavy atom. The Labute approximate surface area is 101 Å². The second-order valence-corrected chi connectivity index (χ2v) is 4.97. The van der Waals surface area contributed by atoms with Gasteiger partial charge in [0, 0.05) is 6.08 Å². The van der Waals surface area contributed by atoms with E-state index in [1.807, 2.05) is 0 Å².